The van der Waals surface area contributed by atoms with E-state index in [0.29, 0.717) is 4.83 Å². The van der Waals surface area contributed by atoms with Gasteiger partial charge in [0.05, 0.1) is 10.2 Å². The van der Waals surface area contributed by atoms with Crippen molar-refractivity contribution in [3.63, 3.8) is 0 Å². The summed E-state index contributed by atoms with van der Waals surface area (Å²) < 4.78 is 6.97. The molecule has 96 valence electrons. The molecule has 0 fully saturated rings. The van der Waals surface area contributed by atoms with Gasteiger partial charge in [-0.1, -0.05) is 34.1 Å². The molecule has 0 saturated carbocycles. The summed E-state index contributed by atoms with van der Waals surface area (Å²) in [6.45, 7) is 2.06. The number of benzene rings is 1. The average Bonchev–Trinajstić information content (AvgIpc) is 3.02. The first-order valence-corrected chi connectivity index (χ1v) is 7.73. The molecule has 0 N–H and O–H groups in total. The van der Waals surface area contributed by atoms with E-state index in [2.05, 4.69) is 33.9 Å². The van der Waals surface area contributed by atoms with Gasteiger partial charge in [-0.3, -0.25) is 0 Å². The van der Waals surface area contributed by atoms with Gasteiger partial charge in [-0.2, -0.15) is 0 Å². The van der Waals surface area contributed by atoms with Gasteiger partial charge >= 0.3 is 0 Å². The molecule has 3 rings (SSSR count). The lowest BCUT2D eigenvalue weighted by Crippen LogP contribution is -1.78. The highest BCUT2D eigenvalue weighted by Crippen LogP contribution is 2.31. The molecule has 2 heterocycles. The first-order valence-electron chi connectivity index (χ1n) is 6.00. The normalized spacial score (nSPS) is 13.4. The number of hydrogen-bond acceptors (Lipinski definition) is 3. The summed E-state index contributed by atoms with van der Waals surface area (Å²) in [6.07, 6.45) is 4.01. The standard InChI is InChI=1S/C15H12BrNOS/c1-10(16)6-7-11-8-9-13(18-11)15-17-12-4-2-3-5-14(12)19-15/h2-10H,1H3/b7-6+. The minimum Gasteiger partial charge on any atom is -0.454 e. The summed E-state index contributed by atoms with van der Waals surface area (Å²) in [5.74, 6) is 1.67. The molecule has 1 atom stereocenters. The Balaban J connectivity index is 1.93. The molecule has 1 aromatic carbocycles. The molecular formula is C15H12BrNOS. The molecule has 0 bridgehead atoms. The van der Waals surface area contributed by atoms with Crippen LogP contribution in [0.3, 0.4) is 0 Å². The van der Waals surface area contributed by atoms with Gasteiger partial charge in [0.1, 0.15) is 5.76 Å². The molecule has 2 nitrogen and oxygen atoms in total. The largest absolute Gasteiger partial charge is 0.454 e. The molecule has 19 heavy (non-hydrogen) atoms. The second-order valence-corrected chi connectivity index (χ2v) is 6.70. The highest BCUT2D eigenvalue weighted by Gasteiger charge is 2.09. The fourth-order valence-electron chi connectivity index (χ4n) is 1.76. The van der Waals surface area contributed by atoms with Crippen LogP contribution in [0.4, 0.5) is 0 Å². The van der Waals surface area contributed by atoms with E-state index in [1.165, 1.54) is 4.70 Å². The van der Waals surface area contributed by atoms with Gasteiger partial charge in [-0.05, 0) is 37.3 Å². The molecule has 0 spiro atoms. The van der Waals surface area contributed by atoms with Crippen LogP contribution in [0.1, 0.15) is 12.7 Å². The molecule has 2 aromatic heterocycles. The highest BCUT2D eigenvalue weighted by molar-refractivity contribution is 9.09. The smallest absolute Gasteiger partial charge is 0.163 e. The van der Waals surface area contributed by atoms with Crippen molar-refractivity contribution in [2.24, 2.45) is 0 Å². The number of aromatic nitrogens is 1. The van der Waals surface area contributed by atoms with E-state index >= 15 is 0 Å². The molecule has 0 aliphatic rings. The molecule has 0 aliphatic carbocycles. The average molecular weight is 334 g/mol. The van der Waals surface area contributed by atoms with Crippen molar-refractivity contribution in [3.8, 4) is 10.8 Å². The topological polar surface area (TPSA) is 26.0 Å². The summed E-state index contributed by atoms with van der Waals surface area (Å²) in [5, 5.41) is 0.924. The quantitative estimate of drug-likeness (QED) is 0.603. The summed E-state index contributed by atoms with van der Waals surface area (Å²) in [6, 6.07) is 12.1. The van der Waals surface area contributed by atoms with Crippen LogP contribution in [0.5, 0.6) is 0 Å². The first-order chi connectivity index (χ1) is 9.22. The second-order valence-electron chi connectivity index (χ2n) is 4.23. The Hall–Kier alpha value is -1.39. The fraction of sp³-hybridized carbons (Fsp3) is 0.133. The van der Waals surface area contributed by atoms with Crippen LogP contribution >= 0.6 is 27.3 Å². The predicted molar refractivity (Wildman–Crippen MR) is 84.7 cm³/mol. The summed E-state index contributed by atoms with van der Waals surface area (Å²) in [5.41, 5.74) is 1.02. The number of para-hydroxylation sites is 1. The number of furan rings is 1. The van der Waals surface area contributed by atoms with E-state index in [0.717, 1.165) is 22.0 Å². The van der Waals surface area contributed by atoms with Crippen LogP contribution in [-0.2, 0) is 0 Å². The van der Waals surface area contributed by atoms with E-state index in [1.54, 1.807) is 11.3 Å². The van der Waals surface area contributed by atoms with Crippen molar-refractivity contribution in [3.05, 3.63) is 48.2 Å². The van der Waals surface area contributed by atoms with Crippen molar-refractivity contribution < 1.29 is 4.42 Å². The maximum atomic E-state index is 5.79. The number of hydrogen-bond donors (Lipinski definition) is 0. The Labute approximate surface area is 123 Å². The van der Waals surface area contributed by atoms with Crippen LogP contribution in [0.25, 0.3) is 27.1 Å². The van der Waals surface area contributed by atoms with Crippen molar-refractivity contribution in [2.75, 3.05) is 0 Å². The molecule has 0 saturated heterocycles. The van der Waals surface area contributed by atoms with E-state index in [-0.39, 0.29) is 0 Å². The lowest BCUT2D eigenvalue weighted by Gasteiger charge is -1.90. The molecular weight excluding hydrogens is 322 g/mol. The van der Waals surface area contributed by atoms with Gasteiger partial charge in [0, 0.05) is 4.83 Å². The van der Waals surface area contributed by atoms with Gasteiger partial charge in [0.15, 0.2) is 10.8 Å². The third-order valence-electron chi connectivity index (χ3n) is 2.66. The Bertz CT molecular complexity index is 693. The number of fused-ring (bicyclic) bond motifs is 1. The van der Waals surface area contributed by atoms with Gasteiger partial charge in [0.2, 0.25) is 0 Å². The van der Waals surface area contributed by atoms with E-state index in [9.17, 15) is 0 Å². The van der Waals surface area contributed by atoms with Gasteiger partial charge in [0.25, 0.3) is 0 Å². The molecule has 0 aliphatic heterocycles. The zero-order valence-corrected chi connectivity index (χ0v) is 12.7. The lowest BCUT2D eigenvalue weighted by molar-refractivity contribution is 0.571. The maximum Gasteiger partial charge on any atom is 0.163 e. The van der Waals surface area contributed by atoms with Gasteiger partial charge in [-0.25, -0.2) is 4.98 Å². The van der Waals surface area contributed by atoms with Crippen molar-refractivity contribution in [1.82, 2.24) is 4.98 Å². The predicted octanol–water partition coefficient (Wildman–Crippen LogP) is 5.35. The van der Waals surface area contributed by atoms with E-state index in [1.807, 2.05) is 42.5 Å². The van der Waals surface area contributed by atoms with Crippen LogP contribution in [0.2, 0.25) is 0 Å². The van der Waals surface area contributed by atoms with Crippen molar-refractivity contribution in [1.29, 1.82) is 0 Å². The molecule has 4 heteroatoms. The van der Waals surface area contributed by atoms with Crippen molar-refractivity contribution in [2.45, 2.75) is 11.8 Å². The van der Waals surface area contributed by atoms with Gasteiger partial charge < -0.3 is 4.42 Å². The molecule has 0 amide bonds. The number of halogens is 1. The second kappa shape index (κ2) is 5.31. The number of thiazole rings is 1. The number of nitrogens with zero attached hydrogens (tertiary/aromatic N) is 1. The number of allylic oxidation sites excluding steroid dienone is 1. The maximum absolute atomic E-state index is 5.79. The molecule has 0 radical (unpaired) electrons. The zero-order chi connectivity index (χ0) is 13.2. The van der Waals surface area contributed by atoms with Crippen LogP contribution in [0.15, 0.2) is 46.9 Å². The van der Waals surface area contributed by atoms with Crippen LogP contribution < -0.4 is 0 Å². The highest BCUT2D eigenvalue weighted by atomic mass is 79.9. The Kier molecular flexibility index (Phi) is 3.53. The van der Waals surface area contributed by atoms with Crippen LogP contribution in [-0.4, -0.2) is 9.81 Å². The lowest BCUT2D eigenvalue weighted by atomic mass is 10.3. The Morgan fingerprint density at radius 3 is 2.89 bits per heavy atom. The molecule has 1 unspecified atom stereocenters. The van der Waals surface area contributed by atoms with Gasteiger partial charge in [-0.15, -0.1) is 11.3 Å². The Morgan fingerprint density at radius 1 is 1.26 bits per heavy atom. The minimum absolute atomic E-state index is 0.337. The third-order valence-corrected chi connectivity index (χ3v) is 4.01. The number of alkyl halides is 1. The van der Waals surface area contributed by atoms with E-state index in [4.69, 9.17) is 4.42 Å². The Morgan fingerprint density at radius 2 is 2.11 bits per heavy atom. The van der Waals surface area contributed by atoms with Crippen LogP contribution in [0, 0.1) is 0 Å². The number of rotatable bonds is 3. The summed E-state index contributed by atoms with van der Waals surface area (Å²) in [4.78, 5) is 4.92. The monoisotopic (exact) mass is 333 g/mol. The third kappa shape index (κ3) is 2.80. The summed E-state index contributed by atoms with van der Waals surface area (Å²) in [7, 11) is 0. The fourth-order valence-corrected chi connectivity index (χ4v) is 2.84. The van der Waals surface area contributed by atoms with Crippen molar-refractivity contribution >= 4 is 43.6 Å². The summed E-state index contributed by atoms with van der Waals surface area (Å²) >= 11 is 5.12. The molecule has 3 aromatic rings. The zero-order valence-electron chi connectivity index (χ0n) is 10.3. The minimum atomic E-state index is 0.337. The first kappa shape index (κ1) is 12.6. The SMILES string of the molecule is CC(Br)/C=C/c1ccc(-c2nc3ccccc3s2)o1. The van der Waals surface area contributed by atoms with E-state index < -0.39 is 0 Å².